The molecule has 0 bridgehead atoms. The van der Waals surface area contributed by atoms with Crippen LogP contribution in [0.5, 0.6) is 5.75 Å². The van der Waals surface area contributed by atoms with Crippen LogP contribution in [0, 0.1) is 0 Å². The maximum atomic E-state index is 9.41. The number of methoxy groups -OCH3 is 1. The molecule has 0 aliphatic heterocycles. The Bertz CT molecular complexity index is 551. The highest BCUT2D eigenvalue weighted by molar-refractivity contribution is 5.53. The second-order valence-electron chi connectivity index (χ2n) is 5.10. The summed E-state index contributed by atoms with van der Waals surface area (Å²) in [5.74, 6) is 0.300. The Balaban J connectivity index is 2.16. The van der Waals surface area contributed by atoms with Gasteiger partial charge in [-0.05, 0) is 42.2 Å². The number of para-hydroxylation sites is 1. The summed E-state index contributed by atoms with van der Waals surface area (Å²) >= 11 is 0. The zero-order chi connectivity index (χ0) is 15.1. The quantitative estimate of drug-likeness (QED) is 0.803. The molecule has 0 amide bonds. The zero-order valence-electron chi connectivity index (χ0n) is 12.7. The number of benzene rings is 2. The molecule has 0 fully saturated rings. The predicted octanol–water partition coefficient (Wildman–Crippen LogP) is 4.14. The van der Waals surface area contributed by atoms with Crippen LogP contribution in [0.1, 0.15) is 30.5 Å². The fourth-order valence-corrected chi connectivity index (χ4v) is 2.41. The third-order valence-corrected chi connectivity index (χ3v) is 3.63. The fraction of sp³-hybridized carbons (Fsp3) is 0.333. The first kappa shape index (κ1) is 15.4. The first-order chi connectivity index (χ1) is 10.2. The zero-order valence-corrected chi connectivity index (χ0v) is 12.7. The Kier molecular flexibility index (Phi) is 5.64. The Morgan fingerprint density at radius 2 is 1.81 bits per heavy atom. The van der Waals surface area contributed by atoms with E-state index in [0.29, 0.717) is 12.4 Å². The average molecular weight is 285 g/mol. The minimum absolute atomic E-state index is 0.231. The maximum absolute atomic E-state index is 9.41. The van der Waals surface area contributed by atoms with E-state index in [9.17, 15) is 5.11 Å². The summed E-state index contributed by atoms with van der Waals surface area (Å²) < 4.78 is 5.17. The van der Waals surface area contributed by atoms with Crippen molar-refractivity contribution in [3.63, 3.8) is 0 Å². The summed E-state index contributed by atoms with van der Waals surface area (Å²) in [6.07, 6.45) is 1.87. The van der Waals surface area contributed by atoms with Gasteiger partial charge in [-0.2, -0.15) is 0 Å². The molecule has 2 aromatic rings. The molecule has 21 heavy (non-hydrogen) atoms. The summed E-state index contributed by atoms with van der Waals surface area (Å²) in [5, 5.41) is 13.0. The summed E-state index contributed by atoms with van der Waals surface area (Å²) in [7, 11) is 1.72. The molecule has 0 aliphatic carbocycles. The SMILES string of the molecule is CCC(Nc1ccccc1CCOC)c1ccc(O)cc1. The van der Waals surface area contributed by atoms with E-state index in [0.717, 1.165) is 18.5 Å². The minimum Gasteiger partial charge on any atom is -0.508 e. The molecule has 2 N–H and O–H groups in total. The van der Waals surface area contributed by atoms with E-state index < -0.39 is 0 Å². The van der Waals surface area contributed by atoms with Gasteiger partial charge in [0, 0.05) is 12.8 Å². The Hall–Kier alpha value is -2.00. The van der Waals surface area contributed by atoms with Crippen LogP contribution >= 0.6 is 0 Å². The van der Waals surface area contributed by atoms with Crippen molar-refractivity contribution in [3.05, 3.63) is 59.7 Å². The number of hydrogen-bond acceptors (Lipinski definition) is 3. The van der Waals surface area contributed by atoms with Crippen molar-refractivity contribution < 1.29 is 9.84 Å². The van der Waals surface area contributed by atoms with Gasteiger partial charge in [-0.3, -0.25) is 0 Å². The monoisotopic (exact) mass is 285 g/mol. The van der Waals surface area contributed by atoms with Crippen molar-refractivity contribution in [3.8, 4) is 5.75 Å². The van der Waals surface area contributed by atoms with Crippen LogP contribution in [-0.2, 0) is 11.2 Å². The van der Waals surface area contributed by atoms with E-state index in [1.165, 1.54) is 11.1 Å². The summed E-state index contributed by atoms with van der Waals surface area (Å²) in [6.45, 7) is 2.87. The lowest BCUT2D eigenvalue weighted by molar-refractivity contribution is 0.202. The fourth-order valence-electron chi connectivity index (χ4n) is 2.41. The molecule has 1 atom stereocenters. The lowest BCUT2D eigenvalue weighted by Gasteiger charge is -2.21. The van der Waals surface area contributed by atoms with Crippen LogP contribution in [-0.4, -0.2) is 18.8 Å². The molecule has 0 saturated heterocycles. The number of phenols is 1. The molecule has 3 nitrogen and oxygen atoms in total. The van der Waals surface area contributed by atoms with Crippen molar-refractivity contribution in [2.75, 3.05) is 19.0 Å². The summed E-state index contributed by atoms with van der Waals surface area (Å²) in [5.41, 5.74) is 3.59. The molecule has 0 heterocycles. The van der Waals surface area contributed by atoms with Crippen LogP contribution in [0.2, 0.25) is 0 Å². The molecule has 1 unspecified atom stereocenters. The van der Waals surface area contributed by atoms with Gasteiger partial charge in [0.25, 0.3) is 0 Å². The van der Waals surface area contributed by atoms with E-state index in [2.05, 4.69) is 30.4 Å². The standard InChI is InChI=1S/C18H23NO2/c1-3-17(15-8-10-16(20)11-9-15)19-18-7-5-4-6-14(18)12-13-21-2/h4-11,17,19-20H,3,12-13H2,1-2H3. The first-order valence-corrected chi connectivity index (χ1v) is 7.37. The van der Waals surface area contributed by atoms with Crippen molar-refractivity contribution >= 4 is 5.69 Å². The molecule has 2 aromatic carbocycles. The van der Waals surface area contributed by atoms with Crippen LogP contribution in [0.4, 0.5) is 5.69 Å². The van der Waals surface area contributed by atoms with Gasteiger partial charge in [0.2, 0.25) is 0 Å². The second kappa shape index (κ2) is 7.70. The summed E-state index contributed by atoms with van der Waals surface area (Å²) in [6, 6.07) is 16.0. The van der Waals surface area contributed by atoms with Crippen LogP contribution < -0.4 is 5.32 Å². The molecule has 112 valence electrons. The molecular weight excluding hydrogens is 262 g/mol. The average Bonchev–Trinajstić information content (AvgIpc) is 2.52. The van der Waals surface area contributed by atoms with Gasteiger partial charge >= 0.3 is 0 Å². The minimum atomic E-state index is 0.231. The van der Waals surface area contributed by atoms with E-state index in [-0.39, 0.29) is 6.04 Å². The molecular formula is C18H23NO2. The first-order valence-electron chi connectivity index (χ1n) is 7.37. The lowest BCUT2D eigenvalue weighted by Crippen LogP contribution is -2.11. The predicted molar refractivity (Wildman–Crippen MR) is 86.8 cm³/mol. The van der Waals surface area contributed by atoms with Gasteiger partial charge in [0.15, 0.2) is 0 Å². The third-order valence-electron chi connectivity index (χ3n) is 3.63. The van der Waals surface area contributed by atoms with E-state index in [4.69, 9.17) is 4.74 Å². The molecule has 0 spiro atoms. The Morgan fingerprint density at radius 1 is 1.10 bits per heavy atom. The van der Waals surface area contributed by atoms with E-state index >= 15 is 0 Å². The van der Waals surface area contributed by atoms with Gasteiger partial charge in [-0.1, -0.05) is 37.3 Å². The topological polar surface area (TPSA) is 41.5 Å². The number of rotatable bonds is 7. The third kappa shape index (κ3) is 4.23. The molecule has 0 aromatic heterocycles. The number of anilines is 1. The van der Waals surface area contributed by atoms with Crippen LogP contribution in [0.3, 0.4) is 0 Å². The maximum Gasteiger partial charge on any atom is 0.115 e. The Labute approximate surface area is 126 Å². The normalized spacial score (nSPS) is 12.1. The molecule has 0 saturated carbocycles. The molecule has 3 heteroatoms. The van der Waals surface area contributed by atoms with Crippen molar-refractivity contribution in [2.45, 2.75) is 25.8 Å². The van der Waals surface area contributed by atoms with Gasteiger partial charge in [0.1, 0.15) is 5.75 Å². The van der Waals surface area contributed by atoms with E-state index in [1.807, 2.05) is 18.2 Å². The van der Waals surface area contributed by atoms with E-state index in [1.54, 1.807) is 19.2 Å². The van der Waals surface area contributed by atoms with Crippen molar-refractivity contribution in [1.82, 2.24) is 0 Å². The molecule has 0 aliphatic rings. The van der Waals surface area contributed by atoms with Crippen LogP contribution in [0.25, 0.3) is 0 Å². The largest absolute Gasteiger partial charge is 0.508 e. The van der Waals surface area contributed by atoms with Gasteiger partial charge < -0.3 is 15.2 Å². The van der Waals surface area contributed by atoms with Crippen molar-refractivity contribution in [2.24, 2.45) is 0 Å². The lowest BCUT2D eigenvalue weighted by atomic mass is 10.0. The number of ether oxygens (including phenoxy) is 1. The molecule has 2 rings (SSSR count). The summed E-state index contributed by atoms with van der Waals surface area (Å²) in [4.78, 5) is 0. The number of nitrogens with one attached hydrogen (secondary N) is 1. The molecule has 0 radical (unpaired) electrons. The highest BCUT2D eigenvalue weighted by Crippen LogP contribution is 2.26. The van der Waals surface area contributed by atoms with Crippen LogP contribution in [0.15, 0.2) is 48.5 Å². The van der Waals surface area contributed by atoms with Gasteiger partial charge in [-0.25, -0.2) is 0 Å². The number of aromatic hydroxyl groups is 1. The highest BCUT2D eigenvalue weighted by Gasteiger charge is 2.11. The van der Waals surface area contributed by atoms with Crippen molar-refractivity contribution in [1.29, 1.82) is 0 Å². The Morgan fingerprint density at radius 3 is 2.48 bits per heavy atom. The van der Waals surface area contributed by atoms with Gasteiger partial charge in [0.05, 0.1) is 12.6 Å². The number of phenolic OH excluding ortho intramolecular Hbond substituents is 1. The smallest absolute Gasteiger partial charge is 0.115 e. The number of hydrogen-bond donors (Lipinski definition) is 2. The highest BCUT2D eigenvalue weighted by atomic mass is 16.5. The van der Waals surface area contributed by atoms with Gasteiger partial charge in [-0.15, -0.1) is 0 Å². The second-order valence-corrected chi connectivity index (χ2v) is 5.10.